The molecule has 0 aromatic heterocycles. The highest BCUT2D eigenvalue weighted by Crippen LogP contribution is 2.64. The van der Waals surface area contributed by atoms with Gasteiger partial charge in [-0.1, -0.05) is 50.1 Å². The van der Waals surface area contributed by atoms with Crippen LogP contribution in [0.25, 0.3) is 0 Å². The summed E-state index contributed by atoms with van der Waals surface area (Å²) in [4.78, 5) is 0. The van der Waals surface area contributed by atoms with Gasteiger partial charge in [-0.2, -0.15) is 0 Å². The van der Waals surface area contributed by atoms with Crippen LogP contribution in [0.5, 0.6) is 0 Å². The lowest BCUT2D eigenvalue weighted by molar-refractivity contribution is 0.323. The van der Waals surface area contributed by atoms with E-state index in [4.69, 9.17) is 4.65 Å². The van der Waals surface area contributed by atoms with Gasteiger partial charge >= 0.3 is 0 Å². The van der Waals surface area contributed by atoms with Gasteiger partial charge in [-0.05, 0) is 29.5 Å². The highest BCUT2D eigenvalue weighted by atomic mass is 16.4. The van der Waals surface area contributed by atoms with Gasteiger partial charge in [0.2, 0.25) is 0 Å². The van der Waals surface area contributed by atoms with Crippen LogP contribution in [0, 0.1) is 5.92 Å². The molecule has 2 heteroatoms. The Hall–Kier alpha value is -0.755. The summed E-state index contributed by atoms with van der Waals surface area (Å²) in [7, 11) is 0. The third-order valence-electron chi connectivity index (χ3n) is 4.19. The molecule has 1 nitrogen and oxygen atoms in total. The second kappa shape index (κ2) is 4.25. The van der Waals surface area contributed by atoms with Crippen molar-refractivity contribution >= 4 is 6.92 Å². The summed E-state index contributed by atoms with van der Waals surface area (Å²) in [6, 6.07) is 11.0. The lowest BCUT2D eigenvalue weighted by Gasteiger charge is -2.11. The van der Waals surface area contributed by atoms with Gasteiger partial charge in [0.1, 0.15) is 0 Å². The molecule has 2 fully saturated rings. The van der Waals surface area contributed by atoms with Crippen molar-refractivity contribution in [2.45, 2.75) is 37.8 Å². The van der Waals surface area contributed by atoms with E-state index in [2.05, 4.69) is 37.3 Å². The van der Waals surface area contributed by atoms with Crippen LogP contribution in [-0.4, -0.2) is 13.5 Å². The summed E-state index contributed by atoms with van der Waals surface area (Å²) in [5.74, 6) is 2.45. The van der Waals surface area contributed by atoms with E-state index in [9.17, 15) is 0 Å². The van der Waals surface area contributed by atoms with E-state index in [1.165, 1.54) is 24.7 Å². The smallest absolute Gasteiger partial charge is 0.297 e. The summed E-state index contributed by atoms with van der Waals surface area (Å²) in [6.07, 6.45) is 3.86. The molecule has 16 heavy (non-hydrogen) atoms. The third-order valence-corrected chi connectivity index (χ3v) is 4.19. The van der Waals surface area contributed by atoms with E-state index in [1.54, 1.807) is 0 Å². The zero-order chi connectivity index (χ0) is 11.0. The molecule has 1 aromatic carbocycles. The van der Waals surface area contributed by atoms with E-state index in [0.29, 0.717) is 6.92 Å². The lowest BCUT2D eigenvalue weighted by Crippen LogP contribution is -2.15. The SMILES string of the molecule is CCCCB1OC[C@H]2[C@@H]1[C@@H]2c1ccccc1. The van der Waals surface area contributed by atoms with Gasteiger partial charge in [0.05, 0.1) is 0 Å². The topological polar surface area (TPSA) is 9.23 Å². The van der Waals surface area contributed by atoms with Gasteiger partial charge in [0, 0.05) is 6.61 Å². The number of fused-ring (bicyclic) bond motifs is 1. The molecule has 1 saturated carbocycles. The first kappa shape index (κ1) is 10.4. The Kier molecular flexibility index (Phi) is 2.76. The van der Waals surface area contributed by atoms with Gasteiger partial charge in [0.25, 0.3) is 6.92 Å². The molecule has 0 radical (unpaired) electrons. The molecule has 84 valence electrons. The molecule has 2 aliphatic rings. The first-order valence-electron chi connectivity index (χ1n) is 6.58. The van der Waals surface area contributed by atoms with Gasteiger partial charge in [-0.3, -0.25) is 0 Å². The summed E-state index contributed by atoms with van der Waals surface area (Å²) in [5, 5.41) is 0. The molecule has 1 aliphatic heterocycles. The summed E-state index contributed by atoms with van der Waals surface area (Å²) in [6.45, 7) is 3.81. The average Bonchev–Trinajstić information content (AvgIpc) is 2.92. The molecule has 0 spiro atoms. The maximum atomic E-state index is 5.87. The third kappa shape index (κ3) is 1.69. The molecule has 3 atom stereocenters. The molecular formula is C14H19BO. The fourth-order valence-corrected chi connectivity index (χ4v) is 3.29. The quantitative estimate of drug-likeness (QED) is 0.696. The molecule has 1 aromatic rings. The van der Waals surface area contributed by atoms with E-state index in [0.717, 1.165) is 24.3 Å². The van der Waals surface area contributed by atoms with E-state index in [1.807, 2.05) is 0 Å². The van der Waals surface area contributed by atoms with Crippen LogP contribution < -0.4 is 0 Å². The second-order valence-corrected chi connectivity index (χ2v) is 5.19. The molecule has 1 heterocycles. The van der Waals surface area contributed by atoms with Crippen LogP contribution in [0.2, 0.25) is 12.1 Å². The number of hydrogen-bond donors (Lipinski definition) is 0. The Morgan fingerprint density at radius 1 is 1.31 bits per heavy atom. The van der Waals surface area contributed by atoms with Gasteiger partial charge < -0.3 is 4.65 Å². The fraction of sp³-hybridized carbons (Fsp3) is 0.571. The minimum absolute atomic E-state index is 0.551. The van der Waals surface area contributed by atoms with E-state index >= 15 is 0 Å². The first-order chi connectivity index (χ1) is 7.92. The minimum Gasteiger partial charge on any atom is -0.435 e. The average molecular weight is 214 g/mol. The van der Waals surface area contributed by atoms with Crippen molar-refractivity contribution in [2.75, 3.05) is 6.61 Å². The Bertz CT molecular complexity index is 351. The maximum absolute atomic E-state index is 5.87. The van der Waals surface area contributed by atoms with Crippen molar-refractivity contribution < 1.29 is 4.65 Å². The number of unbranched alkanes of at least 4 members (excludes halogenated alkanes) is 1. The molecule has 0 bridgehead atoms. The molecule has 1 saturated heterocycles. The molecule has 3 rings (SSSR count). The van der Waals surface area contributed by atoms with Gasteiger partial charge in [0.15, 0.2) is 0 Å². The Balaban J connectivity index is 1.66. The number of hydrogen-bond acceptors (Lipinski definition) is 1. The van der Waals surface area contributed by atoms with Gasteiger partial charge in [-0.25, -0.2) is 0 Å². The summed E-state index contributed by atoms with van der Waals surface area (Å²) in [5.41, 5.74) is 1.53. The largest absolute Gasteiger partial charge is 0.435 e. The van der Waals surface area contributed by atoms with Crippen LogP contribution >= 0.6 is 0 Å². The summed E-state index contributed by atoms with van der Waals surface area (Å²) >= 11 is 0. The minimum atomic E-state index is 0.551. The molecule has 0 N–H and O–H groups in total. The molecule has 0 unspecified atom stereocenters. The van der Waals surface area contributed by atoms with Crippen LogP contribution in [0.3, 0.4) is 0 Å². The van der Waals surface area contributed by atoms with Crippen LogP contribution in [0.1, 0.15) is 31.2 Å². The Labute approximate surface area is 98.3 Å². The van der Waals surface area contributed by atoms with Crippen LogP contribution in [0.15, 0.2) is 30.3 Å². The highest BCUT2D eigenvalue weighted by Gasteiger charge is 2.60. The van der Waals surface area contributed by atoms with E-state index in [-0.39, 0.29) is 0 Å². The predicted molar refractivity (Wildman–Crippen MR) is 67.8 cm³/mol. The lowest BCUT2D eigenvalue weighted by atomic mass is 9.58. The standard InChI is InChI=1S/C14H19BO/c1-2-3-9-15-14-12(10-16-15)13(14)11-7-5-4-6-8-11/h4-8,12-14H,2-3,9-10H2,1H3/t12-,13-,14-/m1/s1. The van der Waals surface area contributed by atoms with Crippen molar-refractivity contribution in [1.29, 1.82) is 0 Å². The van der Waals surface area contributed by atoms with Crippen molar-refractivity contribution in [3.63, 3.8) is 0 Å². The van der Waals surface area contributed by atoms with E-state index < -0.39 is 0 Å². The molecular weight excluding hydrogens is 195 g/mol. The Morgan fingerprint density at radius 3 is 2.88 bits per heavy atom. The molecule has 0 amide bonds. The zero-order valence-electron chi connectivity index (χ0n) is 9.93. The Morgan fingerprint density at radius 2 is 2.12 bits per heavy atom. The normalized spacial score (nSPS) is 31.6. The highest BCUT2D eigenvalue weighted by molar-refractivity contribution is 6.56. The predicted octanol–water partition coefficient (Wildman–Crippen LogP) is 3.59. The number of rotatable bonds is 4. The fourth-order valence-electron chi connectivity index (χ4n) is 3.29. The molecule has 1 aliphatic carbocycles. The van der Waals surface area contributed by atoms with Crippen molar-refractivity contribution in [3.05, 3.63) is 35.9 Å². The van der Waals surface area contributed by atoms with Crippen LogP contribution in [-0.2, 0) is 4.65 Å². The van der Waals surface area contributed by atoms with Crippen molar-refractivity contribution in [2.24, 2.45) is 5.92 Å². The van der Waals surface area contributed by atoms with Crippen LogP contribution in [0.4, 0.5) is 0 Å². The number of benzene rings is 1. The van der Waals surface area contributed by atoms with Crippen molar-refractivity contribution in [3.8, 4) is 0 Å². The maximum Gasteiger partial charge on any atom is 0.297 e. The first-order valence-corrected chi connectivity index (χ1v) is 6.58. The second-order valence-electron chi connectivity index (χ2n) is 5.19. The summed E-state index contributed by atoms with van der Waals surface area (Å²) < 4.78 is 5.87. The van der Waals surface area contributed by atoms with Gasteiger partial charge in [-0.15, -0.1) is 0 Å². The monoisotopic (exact) mass is 214 g/mol. The van der Waals surface area contributed by atoms with Crippen molar-refractivity contribution in [1.82, 2.24) is 0 Å². The zero-order valence-corrected chi connectivity index (χ0v) is 9.93.